The van der Waals surface area contributed by atoms with Crippen molar-refractivity contribution in [2.75, 3.05) is 23.5 Å². The molecule has 3 rings (SSSR count). The zero-order chi connectivity index (χ0) is 19.9. The summed E-state index contributed by atoms with van der Waals surface area (Å²) in [6.07, 6.45) is 1.42. The second-order valence-corrected chi connectivity index (χ2v) is 7.12. The second kappa shape index (κ2) is 9.34. The Kier molecular flexibility index (Phi) is 6.62. The van der Waals surface area contributed by atoms with E-state index in [1.54, 1.807) is 42.5 Å². The van der Waals surface area contributed by atoms with E-state index in [9.17, 15) is 9.59 Å². The smallest absolute Gasteiger partial charge is 0.291 e. The molecule has 0 saturated carbocycles. The average molecular weight is 417 g/mol. The van der Waals surface area contributed by atoms with Gasteiger partial charge in [-0.25, -0.2) is 0 Å². The van der Waals surface area contributed by atoms with Crippen molar-refractivity contribution in [2.24, 2.45) is 0 Å². The van der Waals surface area contributed by atoms with Gasteiger partial charge in [0, 0.05) is 15.6 Å². The predicted molar refractivity (Wildman–Crippen MR) is 110 cm³/mol. The van der Waals surface area contributed by atoms with Gasteiger partial charge in [-0.3, -0.25) is 9.59 Å². The average Bonchev–Trinajstić information content (AvgIpc) is 3.23. The number of furan rings is 1. The molecule has 2 N–H and O–H groups in total. The first-order valence-corrected chi connectivity index (χ1v) is 9.62. The van der Waals surface area contributed by atoms with Crippen molar-refractivity contribution in [1.82, 2.24) is 0 Å². The number of carbonyl (C=O) groups is 2. The van der Waals surface area contributed by atoms with Gasteiger partial charge in [0.1, 0.15) is 5.75 Å². The molecule has 0 saturated heterocycles. The fourth-order valence-corrected chi connectivity index (χ4v) is 3.18. The Morgan fingerprint density at radius 2 is 1.89 bits per heavy atom. The first-order valence-electron chi connectivity index (χ1n) is 8.26. The van der Waals surface area contributed by atoms with Gasteiger partial charge in [0.2, 0.25) is 5.91 Å². The molecule has 28 heavy (non-hydrogen) atoms. The molecular weight excluding hydrogens is 400 g/mol. The maximum absolute atomic E-state index is 12.2. The predicted octanol–water partition coefficient (Wildman–Crippen LogP) is 4.92. The lowest BCUT2D eigenvalue weighted by Gasteiger charge is -2.12. The van der Waals surface area contributed by atoms with Crippen LogP contribution in [0, 0.1) is 0 Å². The molecule has 2 aromatic carbocycles. The first-order chi connectivity index (χ1) is 13.5. The van der Waals surface area contributed by atoms with E-state index in [4.69, 9.17) is 20.8 Å². The number of anilines is 2. The van der Waals surface area contributed by atoms with Crippen LogP contribution in [0.15, 0.2) is 70.2 Å². The maximum Gasteiger partial charge on any atom is 0.291 e. The molecule has 0 bridgehead atoms. The Hall–Kier alpha value is -2.90. The van der Waals surface area contributed by atoms with Crippen molar-refractivity contribution >= 4 is 46.6 Å². The third-order valence-corrected chi connectivity index (χ3v) is 4.92. The zero-order valence-corrected chi connectivity index (χ0v) is 16.5. The molecule has 3 aromatic rings. The largest absolute Gasteiger partial charge is 0.495 e. The summed E-state index contributed by atoms with van der Waals surface area (Å²) in [5.74, 6) is 0.296. The van der Waals surface area contributed by atoms with Gasteiger partial charge >= 0.3 is 0 Å². The van der Waals surface area contributed by atoms with Crippen molar-refractivity contribution in [3.8, 4) is 5.75 Å². The zero-order valence-electron chi connectivity index (χ0n) is 14.9. The Labute approximate surface area is 171 Å². The van der Waals surface area contributed by atoms with Crippen molar-refractivity contribution in [2.45, 2.75) is 4.90 Å². The van der Waals surface area contributed by atoms with Crippen LogP contribution in [0.2, 0.25) is 5.02 Å². The summed E-state index contributed by atoms with van der Waals surface area (Å²) in [6, 6.07) is 15.4. The number of rotatable bonds is 7. The van der Waals surface area contributed by atoms with Crippen LogP contribution >= 0.6 is 23.4 Å². The van der Waals surface area contributed by atoms with Gasteiger partial charge in [-0.15, -0.1) is 11.8 Å². The lowest BCUT2D eigenvalue weighted by molar-refractivity contribution is -0.113. The Morgan fingerprint density at radius 3 is 2.57 bits per heavy atom. The monoisotopic (exact) mass is 416 g/mol. The van der Waals surface area contributed by atoms with Crippen LogP contribution in [0.1, 0.15) is 10.6 Å². The third-order valence-electron chi connectivity index (χ3n) is 3.66. The van der Waals surface area contributed by atoms with Gasteiger partial charge in [-0.2, -0.15) is 0 Å². The highest BCUT2D eigenvalue weighted by molar-refractivity contribution is 8.00. The summed E-state index contributed by atoms with van der Waals surface area (Å²) in [4.78, 5) is 25.4. The number of methoxy groups -OCH3 is 1. The van der Waals surface area contributed by atoms with Crippen molar-refractivity contribution < 1.29 is 18.7 Å². The summed E-state index contributed by atoms with van der Waals surface area (Å²) < 4.78 is 10.3. The number of ether oxygens (including phenoxy) is 1. The standard InChI is InChI=1S/C20H17ClN2O4S/c1-26-17-9-6-14(11-16(17)23-20(25)18-3-2-10-27-18)22-19(24)12-28-15-7-4-13(21)5-8-15/h2-11H,12H2,1H3,(H,22,24)(H,23,25). The molecule has 6 nitrogen and oxygen atoms in total. The molecule has 0 aliphatic heterocycles. The molecule has 0 aliphatic rings. The van der Waals surface area contributed by atoms with Crippen molar-refractivity contribution in [3.05, 3.63) is 71.6 Å². The van der Waals surface area contributed by atoms with E-state index in [0.29, 0.717) is 22.1 Å². The second-order valence-electron chi connectivity index (χ2n) is 5.64. The highest BCUT2D eigenvalue weighted by Crippen LogP contribution is 2.29. The summed E-state index contributed by atoms with van der Waals surface area (Å²) in [5.41, 5.74) is 0.962. The molecule has 0 radical (unpaired) electrons. The van der Waals surface area contributed by atoms with E-state index in [1.807, 2.05) is 12.1 Å². The third kappa shape index (κ3) is 5.31. The summed E-state index contributed by atoms with van der Waals surface area (Å²) in [5, 5.41) is 6.17. The Morgan fingerprint density at radius 1 is 1.11 bits per heavy atom. The van der Waals surface area contributed by atoms with Crippen LogP contribution in [0.3, 0.4) is 0 Å². The quantitative estimate of drug-likeness (QED) is 0.534. The minimum atomic E-state index is -0.412. The molecule has 8 heteroatoms. The molecule has 0 spiro atoms. The van der Waals surface area contributed by atoms with E-state index < -0.39 is 5.91 Å². The molecular formula is C20H17ClN2O4S. The van der Waals surface area contributed by atoms with Crippen LogP contribution in [0.4, 0.5) is 11.4 Å². The number of benzene rings is 2. The lowest BCUT2D eigenvalue weighted by Crippen LogP contribution is -2.15. The molecule has 0 aliphatic carbocycles. The van der Waals surface area contributed by atoms with E-state index >= 15 is 0 Å². The van der Waals surface area contributed by atoms with Crippen LogP contribution in [0.25, 0.3) is 0 Å². The van der Waals surface area contributed by atoms with Gasteiger partial charge in [0.05, 0.1) is 24.8 Å². The van der Waals surface area contributed by atoms with Crippen LogP contribution in [-0.2, 0) is 4.79 Å². The van der Waals surface area contributed by atoms with E-state index in [2.05, 4.69) is 10.6 Å². The summed E-state index contributed by atoms with van der Waals surface area (Å²) in [6.45, 7) is 0. The number of halogens is 1. The molecule has 2 amide bonds. The molecule has 1 aromatic heterocycles. The Balaban J connectivity index is 1.64. The number of amides is 2. The SMILES string of the molecule is COc1ccc(NC(=O)CSc2ccc(Cl)cc2)cc1NC(=O)c1ccco1. The first kappa shape index (κ1) is 19.9. The van der Waals surface area contributed by atoms with E-state index in [0.717, 1.165) is 4.90 Å². The van der Waals surface area contributed by atoms with Gasteiger partial charge in [0.15, 0.2) is 5.76 Å². The van der Waals surface area contributed by atoms with Crippen molar-refractivity contribution in [1.29, 1.82) is 0 Å². The number of hydrogen-bond donors (Lipinski definition) is 2. The highest BCUT2D eigenvalue weighted by Gasteiger charge is 2.13. The van der Waals surface area contributed by atoms with E-state index in [1.165, 1.54) is 25.1 Å². The Bertz CT molecular complexity index is 959. The van der Waals surface area contributed by atoms with Gasteiger partial charge in [-0.05, 0) is 54.6 Å². The minimum absolute atomic E-state index is 0.173. The molecule has 0 atom stereocenters. The molecule has 0 unspecified atom stereocenters. The summed E-state index contributed by atoms with van der Waals surface area (Å²) in [7, 11) is 1.50. The normalized spacial score (nSPS) is 10.4. The molecule has 144 valence electrons. The fourth-order valence-electron chi connectivity index (χ4n) is 2.35. The number of thioether (sulfide) groups is 1. The van der Waals surface area contributed by atoms with E-state index in [-0.39, 0.29) is 17.4 Å². The van der Waals surface area contributed by atoms with Crippen LogP contribution in [0.5, 0.6) is 5.75 Å². The van der Waals surface area contributed by atoms with Gasteiger partial charge < -0.3 is 19.8 Å². The topological polar surface area (TPSA) is 80.6 Å². The minimum Gasteiger partial charge on any atom is -0.495 e. The number of nitrogens with one attached hydrogen (secondary N) is 2. The molecule has 0 fully saturated rings. The van der Waals surface area contributed by atoms with Gasteiger partial charge in [-0.1, -0.05) is 11.6 Å². The maximum atomic E-state index is 12.2. The number of carbonyl (C=O) groups excluding carboxylic acids is 2. The van der Waals surface area contributed by atoms with Crippen molar-refractivity contribution in [3.63, 3.8) is 0 Å². The van der Waals surface area contributed by atoms with Gasteiger partial charge in [0.25, 0.3) is 5.91 Å². The number of hydrogen-bond acceptors (Lipinski definition) is 5. The summed E-state index contributed by atoms with van der Waals surface area (Å²) >= 11 is 7.25. The molecule has 1 heterocycles. The van der Waals surface area contributed by atoms with Crippen LogP contribution < -0.4 is 15.4 Å². The fraction of sp³-hybridized carbons (Fsp3) is 0.100. The lowest BCUT2D eigenvalue weighted by atomic mass is 10.2. The van der Waals surface area contributed by atoms with Crippen LogP contribution in [-0.4, -0.2) is 24.7 Å². The highest BCUT2D eigenvalue weighted by atomic mass is 35.5.